The molecule has 0 saturated heterocycles. The molecule has 0 unspecified atom stereocenters. The third kappa shape index (κ3) is 3.39. The van der Waals surface area contributed by atoms with Crippen LogP contribution in [0.5, 0.6) is 0 Å². The first-order chi connectivity index (χ1) is 9.15. The summed E-state index contributed by atoms with van der Waals surface area (Å²) in [5, 5.41) is 14.6. The molecule has 0 aliphatic rings. The number of guanidine groups is 1. The molecule has 0 amide bonds. The van der Waals surface area contributed by atoms with Gasteiger partial charge < -0.3 is 17.2 Å². The fraction of sp³-hybridized carbons (Fsp3) is 0. The van der Waals surface area contributed by atoms with Gasteiger partial charge in [-0.15, -0.1) is 20.4 Å². The summed E-state index contributed by atoms with van der Waals surface area (Å²) in [4.78, 5) is 11.4. The maximum Gasteiger partial charge on any atom is 0.291 e. The molecule has 2 heterocycles. The molecule has 0 spiro atoms. The van der Waals surface area contributed by atoms with Crippen LogP contribution in [0.4, 0.5) is 11.9 Å². The third-order valence-corrected chi connectivity index (χ3v) is 1.88. The molecule has 0 atom stereocenters. The van der Waals surface area contributed by atoms with Gasteiger partial charge in [0.05, 0.1) is 0 Å². The lowest BCUT2D eigenvalue weighted by Gasteiger charge is -1.98. The predicted octanol–water partition coefficient (Wildman–Crippen LogP) is -1.40. The third-order valence-electron chi connectivity index (χ3n) is 1.88. The fourth-order valence-corrected chi connectivity index (χ4v) is 1.12. The van der Waals surface area contributed by atoms with Gasteiger partial charge in [0, 0.05) is 18.0 Å². The number of nitrogens with two attached hydrogens (primary N) is 3. The predicted molar refractivity (Wildman–Crippen MR) is 67.7 cm³/mol. The number of aliphatic imine (C=N–C) groups is 2. The number of aromatic nitrogens is 5. The van der Waals surface area contributed by atoms with Gasteiger partial charge in [-0.2, -0.15) is 9.98 Å². The molecule has 0 aliphatic carbocycles. The van der Waals surface area contributed by atoms with E-state index in [1.165, 1.54) is 0 Å². The quantitative estimate of drug-likeness (QED) is 0.446. The summed E-state index contributed by atoms with van der Waals surface area (Å²) in [6.45, 7) is 0. The first-order valence-corrected chi connectivity index (χ1v) is 5.07. The van der Waals surface area contributed by atoms with Crippen molar-refractivity contribution in [2.75, 3.05) is 0 Å². The summed E-state index contributed by atoms with van der Waals surface area (Å²) in [6, 6.07) is 3.40. The minimum Gasteiger partial charge on any atom is -0.383 e. The molecule has 0 fully saturated rings. The Balaban J connectivity index is 2.22. The topological polar surface area (TPSA) is 167 Å². The minimum atomic E-state index is -0.184. The molecule has 0 saturated carbocycles. The molecule has 96 valence electrons. The van der Waals surface area contributed by atoms with Crippen LogP contribution in [-0.2, 0) is 0 Å². The molecule has 10 nitrogen and oxygen atoms in total. The van der Waals surface area contributed by atoms with Crippen molar-refractivity contribution < 1.29 is 0 Å². The first-order valence-electron chi connectivity index (χ1n) is 5.07. The van der Waals surface area contributed by atoms with Crippen molar-refractivity contribution in [3.8, 4) is 0 Å². The van der Waals surface area contributed by atoms with E-state index >= 15 is 0 Å². The second-order valence-electron chi connectivity index (χ2n) is 3.27. The van der Waals surface area contributed by atoms with Gasteiger partial charge in [-0.3, -0.25) is 4.98 Å². The van der Waals surface area contributed by atoms with Crippen molar-refractivity contribution in [3.05, 3.63) is 30.1 Å². The van der Waals surface area contributed by atoms with E-state index in [2.05, 4.69) is 35.4 Å². The fourth-order valence-electron chi connectivity index (χ4n) is 1.12. The lowest BCUT2D eigenvalue weighted by atomic mass is 10.2. The molecule has 0 aliphatic heterocycles. The summed E-state index contributed by atoms with van der Waals surface area (Å²) < 4.78 is 0. The summed E-state index contributed by atoms with van der Waals surface area (Å²) in [7, 11) is 0. The van der Waals surface area contributed by atoms with E-state index in [4.69, 9.17) is 17.2 Å². The Hall–Kier alpha value is -3.17. The highest BCUT2D eigenvalue weighted by Crippen LogP contribution is 2.05. The zero-order valence-corrected chi connectivity index (χ0v) is 9.67. The molecule has 2 aromatic heterocycles. The van der Waals surface area contributed by atoms with Gasteiger partial charge in [0.2, 0.25) is 0 Å². The maximum absolute atomic E-state index is 5.76. The second-order valence-corrected chi connectivity index (χ2v) is 3.27. The second kappa shape index (κ2) is 5.44. The van der Waals surface area contributed by atoms with Crippen LogP contribution in [0.1, 0.15) is 5.56 Å². The lowest BCUT2D eigenvalue weighted by molar-refractivity contribution is 0.853. The van der Waals surface area contributed by atoms with E-state index in [1.807, 2.05) is 0 Å². The number of pyridine rings is 1. The van der Waals surface area contributed by atoms with Crippen molar-refractivity contribution >= 4 is 23.7 Å². The van der Waals surface area contributed by atoms with Crippen molar-refractivity contribution in [1.29, 1.82) is 0 Å². The van der Waals surface area contributed by atoms with Gasteiger partial charge in [0.1, 0.15) is 5.84 Å². The van der Waals surface area contributed by atoms with E-state index in [0.717, 1.165) is 0 Å². The summed E-state index contributed by atoms with van der Waals surface area (Å²) in [5.74, 6) is -0.0120. The molecule has 6 N–H and O–H groups in total. The monoisotopic (exact) mass is 258 g/mol. The molecule has 2 aromatic rings. The highest BCUT2D eigenvalue weighted by Gasteiger charge is 2.02. The van der Waals surface area contributed by atoms with Crippen LogP contribution < -0.4 is 17.2 Å². The first kappa shape index (κ1) is 12.3. The van der Waals surface area contributed by atoms with Gasteiger partial charge in [-0.1, -0.05) is 0 Å². The number of nitrogens with zero attached hydrogens (tertiary/aromatic N) is 7. The van der Waals surface area contributed by atoms with Crippen molar-refractivity contribution in [2.24, 2.45) is 27.2 Å². The van der Waals surface area contributed by atoms with Crippen LogP contribution >= 0.6 is 0 Å². The van der Waals surface area contributed by atoms with Crippen molar-refractivity contribution in [3.63, 3.8) is 0 Å². The summed E-state index contributed by atoms with van der Waals surface area (Å²) in [5.41, 5.74) is 16.8. The maximum atomic E-state index is 5.76. The van der Waals surface area contributed by atoms with Crippen LogP contribution in [0.2, 0.25) is 0 Å². The van der Waals surface area contributed by atoms with Gasteiger partial charge in [0.15, 0.2) is 5.96 Å². The Morgan fingerprint density at radius 2 is 1.37 bits per heavy atom. The SMILES string of the molecule is NC(N)=Nc1nnc(/N=C(\N)c2ccncc2)nn1. The highest BCUT2D eigenvalue weighted by molar-refractivity contribution is 5.98. The van der Waals surface area contributed by atoms with Gasteiger partial charge in [-0.25, -0.2) is 0 Å². The van der Waals surface area contributed by atoms with Crippen LogP contribution in [0.25, 0.3) is 0 Å². The number of hydrogen-bond acceptors (Lipinski definition) is 7. The zero-order valence-electron chi connectivity index (χ0n) is 9.67. The zero-order chi connectivity index (χ0) is 13.7. The Bertz CT molecular complexity index is 599. The number of hydrogen-bond donors (Lipinski definition) is 3. The largest absolute Gasteiger partial charge is 0.383 e. The van der Waals surface area contributed by atoms with Crippen LogP contribution in [0, 0.1) is 0 Å². The Labute approximate surface area is 107 Å². The number of rotatable bonds is 3. The molecule has 0 radical (unpaired) electrons. The van der Waals surface area contributed by atoms with Crippen LogP contribution in [-0.4, -0.2) is 37.2 Å². The molecule has 10 heteroatoms. The normalized spacial score (nSPS) is 11.1. The van der Waals surface area contributed by atoms with Gasteiger partial charge in [-0.05, 0) is 12.1 Å². The van der Waals surface area contributed by atoms with E-state index in [-0.39, 0.29) is 23.7 Å². The Morgan fingerprint density at radius 3 is 1.89 bits per heavy atom. The summed E-state index contributed by atoms with van der Waals surface area (Å²) in [6.07, 6.45) is 3.19. The smallest absolute Gasteiger partial charge is 0.291 e. The minimum absolute atomic E-state index is 0.00357. The lowest BCUT2D eigenvalue weighted by Crippen LogP contribution is -2.22. The summed E-state index contributed by atoms with van der Waals surface area (Å²) >= 11 is 0. The van der Waals surface area contributed by atoms with Crippen molar-refractivity contribution in [1.82, 2.24) is 25.4 Å². The Morgan fingerprint density at radius 1 is 0.842 bits per heavy atom. The van der Waals surface area contributed by atoms with Crippen LogP contribution in [0.3, 0.4) is 0 Å². The molecule has 0 bridgehead atoms. The molecule has 19 heavy (non-hydrogen) atoms. The van der Waals surface area contributed by atoms with Crippen molar-refractivity contribution in [2.45, 2.75) is 0 Å². The molecule has 2 rings (SSSR count). The standard InChI is InChI=1S/C9H10N10/c10-6(5-1-3-13-4-2-5)14-8-16-18-9(19-17-8)15-7(11)12/h1-4H,(H2,10,14,16,17)(H4,11,12,15,18,19). The van der Waals surface area contributed by atoms with E-state index in [9.17, 15) is 0 Å². The Kier molecular flexibility index (Phi) is 3.52. The average molecular weight is 258 g/mol. The van der Waals surface area contributed by atoms with E-state index < -0.39 is 0 Å². The molecule has 0 aromatic carbocycles. The van der Waals surface area contributed by atoms with E-state index in [1.54, 1.807) is 24.5 Å². The highest BCUT2D eigenvalue weighted by atomic mass is 15.4. The molecular formula is C9H10N10. The van der Waals surface area contributed by atoms with E-state index in [0.29, 0.717) is 5.56 Å². The van der Waals surface area contributed by atoms with Gasteiger partial charge in [0.25, 0.3) is 11.9 Å². The van der Waals surface area contributed by atoms with Crippen LogP contribution in [0.15, 0.2) is 34.5 Å². The average Bonchev–Trinajstić information content (AvgIpc) is 2.41. The van der Waals surface area contributed by atoms with Gasteiger partial charge >= 0.3 is 0 Å². The number of amidine groups is 1. The molecular weight excluding hydrogens is 248 g/mol.